The van der Waals surface area contributed by atoms with E-state index in [0.29, 0.717) is 18.2 Å². The Hall–Kier alpha value is -1.72. The molecular weight excluding hydrogens is 282 g/mol. The van der Waals surface area contributed by atoms with E-state index in [2.05, 4.69) is 10.3 Å². The third-order valence-electron chi connectivity index (χ3n) is 4.06. The number of carbonyl (C=O) groups excluding carboxylic acids is 1. The maximum Gasteiger partial charge on any atom is 0.271 e. The molecule has 5 heteroatoms. The monoisotopic (exact) mass is 301 g/mol. The van der Waals surface area contributed by atoms with Crippen LogP contribution in [0, 0.1) is 5.92 Å². The van der Waals surface area contributed by atoms with Crippen LogP contribution in [0.1, 0.15) is 30.3 Å². The van der Waals surface area contributed by atoms with Gasteiger partial charge in [0.1, 0.15) is 10.7 Å². The van der Waals surface area contributed by atoms with Crippen molar-refractivity contribution in [2.45, 2.75) is 25.3 Å². The van der Waals surface area contributed by atoms with Crippen molar-refractivity contribution >= 4 is 17.2 Å². The van der Waals surface area contributed by atoms with Crippen LogP contribution in [0.3, 0.4) is 0 Å². The molecule has 3 N–H and O–H groups in total. The van der Waals surface area contributed by atoms with Gasteiger partial charge in [-0.05, 0) is 25.7 Å². The molecule has 0 radical (unpaired) electrons. The molecule has 1 amide bonds. The number of nitrogens with one attached hydrogen (secondary N) is 1. The molecule has 1 atom stereocenters. The summed E-state index contributed by atoms with van der Waals surface area (Å²) in [5.74, 6) is 0.368. The molecule has 0 bridgehead atoms. The first kappa shape index (κ1) is 14.2. The second-order valence-corrected chi connectivity index (χ2v) is 6.61. The molecule has 1 unspecified atom stereocenters. The van der Waals surface area contributed by atoms with Gasteiger partial charge in [-0.15, -0.1) is 11.3 Å². The van der Waals surface area contributed by atoms with Crippen molar-refractivity contribution < 1.29 is 4.79 Å². The summed E-state index contributed by atoms with van der Waals surface area (Å²) in [5.41, 5.74) is 7.03. The molecule has 1 aromatic heterocycles. The Balaban J connectivity index is 1.75. The normalized spacial score (nSPS) is 17.2. The summed E-state index contributed by atoms with van der Waals surface area (Å²) in [7, 11) is 0. The van der Waals surface area contributed by atoms with E-state index in [0.717, 1.165) is 23.4 Å². The number of nitrogens with two attached hydrogens (primary N) is 1. The Morgan fingerprint density at radius 1 is 1.43 bits per heavy atom. The van der Waals surface area contributed by atoms with E-state index in [1.54, 1.807) is 0 Å². The highest BCUT2D eigenvalue weighted by molar-refractivity contribution is 7.13. The molecule has 0 spiro atoms. The Bertz CT molecular complexity index is 636. The summed E-state index contributed by atoms with van der Waals surface area (Å²) in [5, 5.41) is 5.74. The predicted octanol–water partition coefficient (Wildman–Crippen LogP) is 2.67. The number of thiazole rings is 1. The van der Waals surface area contributed by atoms with Gasteiger partial charge in [0.2, 0.25) is 0 Å². The summed E-state index contributed by atoms with van der Waals surface area (Å²) in [6, 6.07) is 9.89. The smallest absolute Gasteiger partial charge is 0.271 e. The molecule has 1 saturated carbocycles. The van der Waals surface area contributed by atoms with Gasteiger partial charge in [0.05, 0.1) is 5.54 Å². The fourth-order valence-electron chi connectivity index (χ4n) is 2.45. The van der Waals surface area contributed by atoms with Crippen LogP contribution in [-0.4, -0.2) is 23.0 Å². The summed E-state index contributed by atoms with van der Waals surface area (Å²) >= 11 is 1.49. The summed E-state index contributed by atoms with van der Waals surface area (Å²) in [6.45, 7) is 2.48. The Morgan fingerprint density at radius 3 is 2.76 bits per heavy atom. The van der Waals surface area contributed by atoms with Crippen molar-refractivity contribution in [2.24, 2.45) is 11.7 Å². The average Bonchev–Trinajstić information content (AvgIpc) is 3.26. The van der Waals surface area contributed by atoms with Gasteiger partial charge in [-0.3, -0.25) is 4.79 Å². The van der Waals surface area contributed by atoms with E-state index >= 15 is 0 Å². The molecule has 2 aromatic rings. The predicted molar refractivity (Wildman–Crippen MR) is 85.2 cm³/mol. The molecule has 1 aromatic carbocycles. The second kappa shape index (κ2) is 5.58. The van der Waals surface area contributed by atoms with Crippen molar-refractivity contribution in [1.29, 1.82) is 0 Å². The summed E-state index contributed by atoms with van der Waals surface area (Å²) < 4.78 is 0. The van der Waals surface area contributed by atoms with Gasteiger partial charge in [-0.2, -0.15) is 0 Å². The number of hydrogen-bond acceptors (Lipinski definition) is 4. The van der Waals surface area contributed by atoms with Gasteiger partial charge in [0.15, 0.2) is 0 Å². The molecule has 110 valence electrons. The van der Waals surface area contributed by atoms with Gasteiger partial charge in [0.25, 0.3) is 5.91 Å². The average molecular weight is 301 g/mol. The van der Waals surface area contributed by atoms with Gasteiger partial charge in [-0.25, -0.2) is 4.98 Å². The third-order valence-corrected chi connectivity index (χ3v) is 4.95. The van der Waals surface area contributed by atoms with E-state index in [9.17, 15) is 4.79 Å². The highest BCUT2D eigenvalue weighted by Crippen LogP contribution is 2.39. The second-order valence-electron chi connectivity index (χ2n) is 5.75. The lowest BCUT2D eigenvalue weighted by Crippen LogP contribution is -2.53. The molecule has 0 saturated heterocycles. The first-order chi connectivity index (χ1) is 10.1. The van der Waals surface area contributed by atoms with Crippen molar-refractivity contribution in [2.75, 3.05) is 6.54 Å². The van der Waals surface area contributed by atoms with E-state index < -0.39 is 0 Å². The Kier molecular flexibility index (Phi) is 3.78. The van der Waals surface area contributed by atoms with Gasteiger partial charge >= 0.3 is 0 Å². The minimum Gasteiger partial charge on any atom is -0.344 e. The lowest BCUT2D eigenvalue weighted by atomic mass is 9.96. The molecule has 1 aliphatic rings. The molecule has 1 heterocycles. The highest BCUT2D eigenvalue weighted by Gasteiger charge is 2.41. The van der Waals surface area contributed by atoms with Crippen molar-refractivity contribution in [3.63, 3.8) is 0 Å². The van der Waals surface area contributed by atoms with Crippen LogP contribution in [0.2, 0.25) is 0 Å². The number of hydrogen-bond donors (Lipinski definition) is 2. The molecular formula is C16H19N3OS. The quantitative estimate of drug-likeness (QED) is 0.892. The summed E-state index contributed by atoms with van der Waals surface area (Å²) in [6.07, 6.45) is 2.28. The SMILES string of the molecule is CC(CN)(NC(=O)c1csc(-c2ccccc2)n1)C1CC1. The number of aromatic nitrogens is 1. The lowest BCUT2D eigenvalue weighted by molar-refractivity contribution is 0.0893. The highest BCUT2D eigenvalue weighted by atomic mass is 32.1. The fourth-order valence-corrected chi connectivity index (χ4v) is 3.26. The minimum absolute atomic E-state index is 0.131. The molecule has 4 nitrogen and oxygen atoms in total. The van der Waals surface area contributed by atoms with Crippen LogP contribution in [0.5, 0.6) is 0 Å². The first-order valence-corrected chi connectivity index (χ1v) is 8.04. The van der Waals surface area contributed by atoms with Crippen molar-refractivity contribution in [3.8, 4) is 10.6 Å². The minimum atomic E-state index is -0.312. The van der Waals surface area contributed by atoms with E-state index in [-0.39, 0.29) is 11.4 Å². The molecule has 0 aliphatic heterocycles. The largest absolute Gasteiger partial charge is 0.344 e. The van der Waals surface area contributed by atoms with Gasteiger partial charge < -0.3 is 11.1 Å². The zero-order valence-corrected chi connectivity index (χ0v) is 12.8. The van der Waals surface area contributed by atoms with Crippen molar-refractivity contribution in [1.82, 2.24) is 10.3 Å². The van der Waals surface area contributed by atoms with Crippen LogP contribution in [0.15, 0.2) is 35.7 Å². The zero-order valence-electron chi connectivity index (χ0n) is 12.0. The number of nitrogens with zero attached hydrogens (tertiary/aromatic N) is 1. The molecule has 3 rings (SSSR count). The van der Waals surface area contributed by atoms with E-state index in [1.165, 1.54) is 11.3 Å². The lowest BCUT2D eigenvalue weighted by Gasteiger charge is -2.29. The fraction of sp³-hybridized carbons (Fsp3) is 0.375. The molecule has 21 heavy (non-hydrogen) atoms. The number of rotatable bonds is 5. The Labute approximate surface area is 128 Å². The maximum absolute atomic E-state index is 12.4. The van der Waals surface area contributed by atoms with Crippen LogP contribution < -0.4 is 11.1 Å². The number of benzene rings is 1. The van der Waals surface area contributed by atoms with Crippen molar-refractivity contribution in [3.05, 3.63) is 41.4 Å². The van der Waals surface area contributed by atoms with Crippen LogP contribution >= 0.6 is 11.3 Å². The topological polar surface area (TPSA) is 68.0 Å². The third kappa shape index (κ3) is 2.99. The first-order valence-electron chi connectivity index (χ1n) is 7.16. The van der Waals surface area contributed by atoms with Gasteiger partial charge in [0, 0.05) is 17.5 Å². The van der Waals surface area contributed by atoms with Crippen LogP contribution in [0.25, 0.3) is 10.6 Å². The van der Waals surface area contributed by atoms with E-state index in [4.69, 9.17) is 5.73 Å². The number of amides is 1. The maximum atomic E-state index is 12.4. The molecule has 1 fully saturated rings. The summed E-state index contributed by atoms with van der Waals surface area (Å²) in [4.78, 5) is 16.8. The van der Waals surface area contributed by atoms with E-state index in [1.807, 2.05) is 42.6 Å². The van der Waals surface area contributed by atoms with Crippen LogP contribution in [0.4, 0.5) is 0 Å². The Morgan fingerprint density at radius 2 is 2.14 bits per heavy atom. The number of carbonyl (C=O) groups is 1. The zero-order chi connectivity index (χ0) is 14.9. The standard InChI is InChI=1S/C16H19N3OS/c1-16(10-17,12-7-8-12)19-14(20)13-9-21-15(18-13)11-5-3-2-4-6-11/h2-6,9,12H,7-8,10,17H2,1H3,(H,19,20). The molecule has 1 aliphatic carbocycles. The van der Waals surface area contributed by atoms with Gasteiger partial charge in [-0.1, -0.05) is 30.3 Å². The van der Waals surface area contributed by atoms with Crippen LogP contribution in [-0.2, 0) is 0 Å².